The Kier molecular flexibility index (Phi) is 4.32. The predicted octanol–water partition coefficient (Wildman–Crippen LogP) is 2.28. The molecule has 1 heterocycles. The molecule has 2 rings (SSSR count). The van der Waals surface area contributed by atoms with Gasteiger partial charge in [-0.1, -0.05) is 6.07 Å². The van der Waals surface area contributed by atoms with Crippen LogP contribution in [0.2, 0.25) is 0 Å². The molecule has 0 radical (unpaired) electrons. The highest BCUT2D eigenvalue weighted by Crippen LogP contribution is 2.28. The van der Waals surface area contributed by atoms with Crippen LogP contribution in [0.4, 0.5) is 5.69 Å². The van der Waals surface area contributed by atoms with Crippen molar-refractivity contribution in [3.63, 3.8) is 0 Å². The Morgan fingerprint density at radius 2 is 2.25 bits per heavy atom. The van der Waals surface area contributed by atoms with Crippen molar-refractivity contribution in [3.05, 3.63) is 29.3 Å². The fourth-order valence-corrected chi connectivity index (χ4v) is 2.90. The van der Waals surface area contributed by atoms with Crippen LogP contribution in [0.15, 0.2) is 18.2 Å². The number of hydrogen-bond acceptors (Lipinski definition) is 4. The lowest BCUT2D eigenvalue weighted by Crippen LogP contribution is -2.52. The van der Waals surface area contributed by atoms with Gasteiger partial charge in [-0.05, 0) is 45.5 Å². The number of nitriles is 1. The van der Waals surface area contributed by atoms with Gasteiger partial charge in [-0.2, -0.15) is 5.26 Å². The SMILES string of the molecule is CNCc1ccc(N2CC(C)OC(C)(C)C2)c(C#N)c1. The lowest BCUT2D eigenvalue weighted by Gasteiger charge is -2.43. The molecule has 108 valence electrons. The van der Waals surface area contributed by atoms with E-state index in [1.807, 2.05) is 13.1 Å². The summed E-state index contributed by atoms with van der Waals surface area (Å²) in [5, 5.41) is 12.5. The van der Waals surface area contributed by atoms with Crippen molar-refractivity contribution in [2.45, 2.75) is 39.0 Å². The van der Waals surface area contributed by atoms with Crippen LogP contribution in [0.1, 0.15) is 31.9 Å². The third kappa shape index (κ3) is 3.30. The van der Waals surface area contributed by atoms with E-state index in [4.69, 9.17) is 4.74 Å². The molecule has 4 heteroatoms. The maximum atomic E-state index is 9.41. The molecule has 0 aromatic heterocycles. The molecule has 1 unspecified atom stereocenters. The summed E-state index contributed by atoms with van der Waals surface area (Å²) in [6, 6.07) is 8.43. The van der Waals surface area contributed by atoms with Crippen molar-refractivity contribution in [1.29, 1.82) is 5.26 Å². The zero-order valence-corrected chi connectivity index (χ0v) is 12.7. The second-order valence-electron chi connectivity index (χ2n) is 6.06. The highest BCUT2D eigenvalue weighted by Gasteiger charge is 2.32. The summed E-state index contributed by atoms with van der Waals surface area (Å²) in [6.07, 6.45) is 0.169. The topological polar surface area (TPSA) is 48.3 Å². The van der Waals surface area contributed by atoms with E-state index in [0.717, 1.165) is 36.4 Å². The third-order valence-electron chi connectivity index (χ3n) is 3.47. The van der Waals surface area contributed by atoms with Gasteiger partial charge in [-0.15, -0.1) is 0 Å². The average molecular weight is 273 g/mol. The smallest absolute Gasteiger partial charge is 0.101 e. The van der Waals surface area contributed by atoms with Crippen molar-refractivity contribution in [1.82, 2.24) is 5.32 Å². The molecule has 1 aliphatic heterocycles. The number of rotatable bonds is 3. The van der Waals surface area contributed by atoms with Gasteiger partial charge in [-0.3, -0.25) is 0 Å². The van der Waals surface area contributed by atoms with Gasteiger partial charge in [0.1, 0.15) is 6.07 Å². The molecule has 1 saturated heterocycles. The summed E-state index contributed by atoms with van der Waals surface area (Å²) >= 11 is 0. The zero-order chi connectivity index (χ0) is 14.8. The van der Waals surface area contributed by atoms with Gasteiger partial charge >= 0.3 is 0 Å². The zero-order valence-electron chi connectivity index (χ0n) is 12.7. The molecule has 4 nitrogen and oxygen atoms in total. The van der Waals surface area contributed by atoms with Crippen molar-refractivity contribution >= 4 is 5.69 Å². The van der Waals surface area contributed by atoms with Crippen molar-refractivity contribution in [3.8, 4) is 6.07 Å². The van der Waals surface area contributed by atoms with Gasteiger partial charge in [-0.25, -0.2) is 0 Å². The molecule has 1 aliphatic rings. The molecule has 0 bridgehead atoms. The molecule has 0 saturated carbocycles. The van der Waals surface area contributed by atoms with Crippen LogP contribution in [-0.4, -0.2) is 31.8 Å². The van der Waals surface area contributed by atoms with Gasteiger partial charge in [0, 0.05) is 19.6 Å². The molecule has 0 spiro atoms. The molecule has 1 aromatic rings. The summed E-state index contributed by atoms with van der Waals surface area (Å²) in [4.78, 5) is 2.26. The standard InChI is InChI=1S/C16H23N3O/c1-12-10-19(11-16(2,3)20-12)15-6-5-13(9-18-4)7-14(15)8-17/h5-7,12,18H,9-11H2,1-4H3. The van der Waals surface area contributed by atoms with E-state index >= 15 is 0 Å². The Bertz CT molecular complexity index is 519. The summed E-state index contributed by atoms with van der Waals surface area (Å²) < 4.78 is 5.93. The van der Waals surface area contributed by atoms with Crippen molar-refractivity contribution in [2.75, 3.05) is 25.0 Å². The van der Waals surface area contributed by atoms with Crippen LogP contribution in [0.3, 0.4) is 0 Å². The van der Waals surface area contributed by atoms with Crippen molar-refractivity contribution < 1.29 is 4.74 Å². The number of morpholine rings is 1. The van der Waals surface area contributed by atoms with E-state index in [1.165, 1.54) is 0 Å². The van der Waals surface area contributed by atoms with Crippen LogP contribution < -0.4 is 10.2 Å². The van der Waals surface area contributed by atoms with Gasteiger partial charge in [0.05, 0.1) is 23.0 Å². The lowest BCUT2D eigenvalue weighted by molar-refractivity contribution is -0.0749. The maximum Gasteiger partial charge on any atom is 0.101 e. The predicted molar refractivity (Wildman–Crippen MR) is 80.8 cm³/mol. The third-order valence-corrected chi connectivity index (χ3v) is 3.47. The normalized spacial score (nSPS) is 21.6. The first kappa shape index (κ1) is 14.8. The minimum atomic E-state index is -0.186. The molecular weight excluding hydrogens is 250 g/mol. The van der Waals surface area contributed by atoms with Crippen LogP contribution in [0, 0.1) is 11.3 Å². The van der Waals surface area contributed by atoms with Crippen molar-refractivity contribution in [2.24, 2.45) is 0 Å². The van der Waals surface area contributed by atoms with E-state index in [2.05, 4.69) is 49.2 Å². The Labute approximate surface area is 121 Å². The van der Waals surface area contributed by atoms with Gasteiger partial charge in [0.2, 0.25) is 0 Å². The van der Waals surface area contributed by atoms with Crippen LogP contribution in [0.5, 0.6) is 0 Å². The first-order valence-electron chi connectivity index (χ1n) is 7.05. The maximum absolute atomic E-state index is 9.41. The molecule has 20 heavy (non-hydrogen) atoms. The summed E-state index contributed by atoms with van der Waals surface area (Å²) in [7, 11) is 1.91. The van der Waals surface area contributed by atoms with E-state index in [0.29, 0.717) is 0 Å². The monoisotopic (exact) mass is 273 g/mol. The average Bonchev–Trinajstić information content (AvgIpc) is 2.36. The summed E-state index contributed by atoms with van der Waals surface area (Å²) in [6.45, 7) is 8.67. The Morgan fingerprint density at radius 3 is 2.85 bits per heavy atom. The summed E-state index contributed by atoms with van der Waals surface area (Å²) in [5.74, 6) is 0. The molecule has 1 atom stereocenters. The van der Waals surface area contributed by atoms with Crippen LogP contribution in [0.25, 0.3) is 0 Å². The Hall–Kier alpha value is -1.57. The lowest BCUT2D eigenvalue weighted by atomic mass is 10.0. The first-order valence-corrected chi connectivity index (χ1v) is 7.05. The number of hydrogen-bond donors (Lipinski definition) is 1. The fourth-order valence-electron chi connectivity index (χ4n) is 2.90. The molecule has 0 amide bonds. The summed E-state index contributed by atoms with van der Waals surface area (Å²) in [5.41, 5.74) is 2.69. The molecule has 0 aliphatic carbocycles. The quantitative estimate of drug-likeness (QED) is 0.918. The second kappa shape index (κ2) is 5.82. The van der Waals surface area contributed by atoms with Crippen LogP contribution in [-0.2, 0) is 11.3 Å². The number of benzene rings is 1. The Morgan fingerprint density at radius 1 is 1.50 bits per heavy atom. The first-order chi connectivity index (χ1) is 9.45. The van der Waals surface area contributed by atoms with Gasteiger partial charge in [0.15, 0.2) is 0 Å². The second-order valence-corrected chi connectivity index (χ2v) is 6.06. The van der Waals surface area contributed by atoms with E-state index in [9.17, 15) is 5.26 Å². The van der Waals surface area contributed by atoms with Gasteiger partial charge in [0.25, 0.3) is 0 Å². The number of anilines is 1. The number of nitrogens with one attached hydrogen (secondary N) is 1. The Balaban J connectivity index is 2.30. The molecule has 1 aromatic carbocycles. The molecule has 1 N–H and O–H groups in total. The molecular formula is C16H23N3O. The number of ether oxygens (including phenoxy) is 1. The van der Waals surface area contributed by atoms with E-state index < -0.39 is 0 Å². The number of nitrogens with zero attached hydrogens (tertiary/aromatic N) is 2. The van der Waals surface area contributed by atoms with Gasteiger partial charge < -0.3 is 15.0 Å². The minimum Gasteiger partial charge on any atom is -0.369 e. The van der Waals surface area contributed by atoms with E-state index in [1.54, 1.807) is 0 Å². The fraction of sp³-hybridized carbons (Fsp3) is 0.562. The van der Waals surface area contributed by atoms with E-state index in [-0.39, 0.29) is 11.7 Å². The molecule has 1 fully saturated rings. The van der Waals surface area contributed by atoms with Crippen LogP contribution >= 0.6 is 0 Å². The highest BCUT2D eigenvalue weighted by molar-refractivity contribution is 5.61. The minimum absolute atomic E-state index is 0.169. The highest BCUT2D eigenvalue weighted by atomic mass is 16.5. The largest absolute Gasteiger partial charge is 0.369 e.